The Balaban J connectivity index is 2.97. The van der Waals surface area contributed by atoms with Crippen LogP contribution in [0.3, 0.4) is 0 Å². The van der Waals surface area contributed by atoms with E-state index < -0.39 is 0 Å². The summed E-state index contributed by atoms with van der Waals surface area (Å²) in [6.45, 7) is 5.44. The third kappa shape index (κ3) is 3.36. The Morgan fingerprint density at radius 3 is 2.67 bits per heavy atom. The Labute approximate surface area is 97.2 Å². The number of esters is 1. The molecular weight excluding hydrogens is 255 g/mol. The van der Waals surface area contributed by atoms with E-state index in [1.54, 1.807) is 0 Å². The molecule has 0 amide bonds. The van der Waals surface area contributed by atoms with Gasteiger partial charge in [0.05, 0.1) is 0 Å². The zero-order valence-electron chi connectivity index (χ0n) is 9.53. The number of ether oxygens (including phenoxy) is 1. The molecule has 0 fully saturated rings. The number of rotatable bonds is 3. The monoisotopic (exact) mass is 272 g/mol. The minimum atomic E-state index is -0.224. The number of hydrogen-bond acceptors (Lipinski definition) is 2. The number of carbonyl (C=O) groups is 1. The van der Waals surface area contributed by atoms with Crippen LogP contribution in [0.1, 0.15) is 31.1 Å². The van der Waals surface area contributed by atoms with Gasteiger partial charge in [-0.3, -0.25) is 0 Å². The van der Waals surface area contributed by atoms with Gasteiger partial charge in [0.2, 0.25) is 0 Å². The van der Waals surface area contributed by atoms with Crippen molar-refractivity contribution in [1.29, 1.82) is 0 Å². The van der Waals surface area contributed by atoms with Crippen LogP contribution in [-0.4, -0.2) is 20.9 Å². The van der Waals surface area contributed by atoms with Crippen LogP contribution in [0.2, 0.25) is 5.82 Å². The van der Waals surface area contributed by atoms with Gasteiger partial charge in [0.25, 0.3) is 0 Å². The molecule has 0 spiro atoms. The molecule has 0 aromatic heterocycles. The molecule has 0 heterocycles. The summed E-state index contributed by atoms with van der Waals surface area (Å²) in [4.78, 5) is 10.9. The van der Waals surface area contributed by atoms with Crippen LogP contribution in [0, 0.1) is 6.92 Å². The van der Waals surface area contributed by atoms with Crippen molar-refractivity contribution >= 4 is 25.4 Å². The van der Waals surface area contributed by atoms with E-state index in [0.29, 0.717) is 15.0 Å². The minimum absolute atomic E-state index is 0.139. The average Bonchev–Trinajstić information content (AvgIpc) is 2.16. The summed E-state index contributed by atoms with van der Waals surface area (Å²) in [7, 11) is 0. The van der Waals surface area contributed by atoms with E-state index in [4.69, 9.17) is 4.74 Å². The molecule has 1 aromatic carbocycles. The molecule has 1 rings (SSSR count). The second-order valence-electron chi connectivity index (χ2n) is 3.50. The van der Waals surface area contributed by atoms with E-state index >= 15 is 0 Å². The van der Waals surface area contributed by atoms with Crippen molar-refractivity contribution in [3.8, 4) is 0 Å². The zero-order valence-corrected chi connectivity index (χ0v) is 11.2. The predicted molar refractivity (Wildman–Crippen MR) is 62.6 cm³/mol. The van der Waals surface area contributed by atoms with Crippen LogP contribution in [0.5, 0.6) is 0 Å². The fourth-order valence-corrected chi connectivity index (χ4v) is 3.09. The molecule has 1 atom stereocenters. The predicted octanol–water partition coefficient (Wildman–Crippen LogP) is 2.00. The van der Waals surface area contributed by atoms with Gasteiger partial charge in [0.15, 0.2) is 0 Å². The zero-order chi connectivity index (χ0) is 11.4. The Morgan fingerprint density at radius 2 is 2.13 bits per heavy atom. The second kappa shape index (κ2) is 5.34. The normalized spacial score (nSPS) is 12.3. The summed E-state index contributed by atoms with van der Waals surface area (Å²) in [6.07, 6.45) is -0.139. The molecule has 0 saturated carbocycles. The molecule has 1 aromatic rings. The van der Waals surface area contributed by atoms with Gasteiger partial charge >= 0.3 is 96.9 Å². The third-order valence-corrected chi connectivity index (χ3v) is 3.83. The number of hydrogen-bond donors (Lipinski definition) is 0. The first-order valence-electron chi connectivity index (χ1n) is 4.86. The Hall–Kier alpha value is -0.791. The molecule has 0 aliphatic carbocycles. The second-order valence-corrected chi connectivity index (χ2v) is 5.28. The van der Waals surface area contributed by atoms with Crippen molar-refractivity contribution in [2.24, 2.45) is 0 Å². The van der Waals surface area contributed by atoms with Crippen LogP contribution >= 0.6 is 0 Å². The van der Waals surface area contributed by atoms with Crippen molar-refractivity contribution in [1.82, 2.24) is 0 Å². The maximum atomic E-state index is 10.9. The first-order valence-corrected chi connectivity index (χ1v) is 7.43. The summed E-state index contributed by atoms with van der Waals surface area (Å²) in [5.41, 5.74) is 2.39. The maximum absolute atomic E-state index is 10.9. The van der Waals surface area contributed by atoms with Crippen molar-refractivity contribution in [3.63, 3.8) is 0 Å². The fourth-order valence-electron chi connectivity index (χ4n) is 1.47. The summed E-state index contributed by atoms with van der Waals surface area (Å²) in [5.74, 6) is 1.95. The topological polar surface area (TPSA) is 26.3 Å². The molecule has 2 nitrogen and oxygen atoms in total. The Bertz CT molecular complexity index is 361. The van der Waals surface area contributed by atoms with Gasteiger partial charge in [0, 0.05) is 0 Å². The molecule has 0 bridgehead atoms. The number of benzene rings is 1. The summed E-state index contributed by atoms with van der Waals surface area (Å²) >= 11 is 0.426. The molecule has 0 aliphatic rings. The van der Waals surface area contributed by atoms with Gasteiger partial charge in [-0.25, -0.2) is 0 Å². The number of aryl methyl sites for hydroxylation is 1. The first-order chi connectivity index (χ1) is 7.04. The Kier molecular flexibility index (Phi) is 4.37. The Morgan fingerprint density at radius 1 is 1.47 bits per heavy atom. The number of carbonyl (C=O) groups excluding carboxylic acids is 1. The molecular formula is C12H16O2Se. The molecule has 15 heavy (non-hydrogen) atoms. The standard InChI is InChI=1S/C12H16O2Se/c1-8-5-6-11(12(7-8)15-4)9(2)14-10(3)13/h5-7,9H,1-4H3/t9-/m1/s1. The summed E-state index contributed by atoms with van der Waals surface area (Å²) < 4.78 is 6.51. The van der Waals surface area contributed by atoms with Gasteiger partial charge in [0.1, 0.15) is 0 Å². The van der Waals surface area contributed by atoms with E-state index in [-0.39, 0.29) is 12.1 Å². The van der Waals surface area contributed by atoms with E-state index in [1.807, 2.05) is 6.92 Å². The van der Waals surface area contributed by atoms with Gasteiger partial charge in [-0.15, -0.1) is 0 Å². The van der Waals surface area contributed by atoms with E-state index in [2.05, 4.69) is 30.9 Å². The van der Waals surface area contributed by atoms with Gasteiger partial charge in [-0.05, 0) is 0 Å². The van der Waals surface area contributed by atoms with E-state index in [1.165, 1.54) is 16.9 Å². The van der Waals surface area contributed by atoms with E-state index in [9.17, 15) is 4.79 Å². The van der Waals surface area contributed by atoms with Crippen LogP contribution < -0.4 is 4.46 Å². The molecule has 82 valence electrons. The summed E-state index contributed by atoms with van der Waals surface area (Å²) in [5, 5.41) is 0. The van der Waals surface area contributed by atoms with Crippen LogP contribution in [0.15, 0.2) is 18.2 Å². The SMILES string of the molecule is C[Se]c1cc(C)ccc1[C@@H](C)OC(C)=O. The molecule has 0 saturated heterocycles. The first kappa shape index (κ1) is 12.3. The third-order valence-electron chi connectivity index (χ3n) is 2.17. The summed E-state index contributed by atoms with van der Waals surface area (Å²) in [6, 6.07) is 6.30. The average molecular weight is 271 g/mol. The van der Waals surface area contributed by atoms with Crippen LogP contribution in [0.25, 0.3) is 0 Å². The van der Waals surface area contributed by atoms with Crippen molar-refractivity contribution in [3.05, 3.63) is 29.3 Å². The molecule has 0 radical (unpaired) electrons. The molecule has 0 unspecified atom stereocenters. The van der Waals surface area contributed by atoms with Crippen LogP contribution in [0.4, 0.5) is 0 Å². The van der Waals surface area contributed by atoms with Gasteiger partial charge in [-0.1, -0.05) is 0 Å². The molecule has 0 aliphatic heterocycles. The molecule has 0 N–H and O–H groups in total. The van der Waals surface area contributed by atoms with Crippen molar-refractivity contribution in [2.75, 3.05) is 0 Å². The quantitative estimate of drug-likeness (QED) is 0.621. The van der Waals surface area contributed by atoms with Crippen molar-refractivity contribution < 1.29 is 9.53 Å². The van der Waals surface area contributed by atoms with Crippen molar-refractivity contribution in [2.45, 2.75) is 32.7 Å². The fraction of sp³-hybridized carbons (Fsp3) is 0.417. The van der Waals surface area contributed by atoms with Gasteiger partial charge in [-0.2, -0.15) is 0 Å². The van der Waals surface area contributed by atoms with Gasteiger partial charge < -0.3 is 0 Å². The molecule has 3 heteroatoms. The van der Waals surface area contributed by atoms with E-state index in [0.717, 1.165) is 5.56 Å². The van der Waals surface area contributed by atoms with Crippen LogP contribution in [-0.2, 0) is 9.53 Å².